The number of aromatic nitrogens is 3. The first-order valence-corrected chi connectivity index (χ1v) is 12.6. The quantitative estimate of drug-likeness (QED) is 0.434. The van der Waals surface area contributed by atoms with Gasteiger partial charge in [-0.2, -0.15) is 19.3 Å². The number of amides is 1. The lowest BCUT2D eigenvalue weighted by Crippen LogP contribution is -2.34. The van der Waals surface area contributed by atoms with Crippen molar-refractivity contribution in [2.45, 2.75) is 38.5 Å². The molecular formula is C26H29F2N7O2. The number of halogens is 2. The van der Waals surface area contributed by atoms with Gasteiger partial charge in [-0.05, 0) is 74.9 Å². The predicted molar refractivity (Wildman–Crippen MR) is 138 cm³/mol. The highest BCUT2D eigenvalue weighted by Gasteiger charge is 2.21. The van der Waals surface area contributed by atoms with Crippen LogP contribution in [0.5, 0.6) is 5.75 Å². The Morgan fingerprint density at radius 2 is 1.30 bits per heavy atom. The van der Waals surface area contributed by atoms with Crippen molar-refractivity contribution in [1.29, 1.82) is 0 Å². The van der Waals surface area contributed by atoms with Gasteiger partial charge in [0.2, 0.25) is 23.7 Å². The number of phenolic OH excluding ortho intramolecular Hbond substituents is 1. The first-order chi connectivity index (χ1) is 18.0. The smallest absolute Gasteiger partial charge is 0.259 e. The molecule has 0 spiro atoms. The normalized spacial score (nSPS) is 15.9. The Morgan fingerprint density at radius 3 is 1.86 bits per heavy atom. The van der Waals surface area contributed by atoms with E-state index in [-0.39, 0.29) is 5.56 Å². The fourth-order valence-electron chi connectivity index (χ4n) is 4.57. The lowest BCUT2D eigenvalue weighted by Gasteiger charge is -2.30. The van der Waals surface area contributed by atoms with Crippen LogP contribution < -0.4 is 20.4 Å². The van der Waals surface area contributed by atoms with E-state index in [1.54, 1.807) is 24.3 Å². The van der Waals surface area contributed by atoms with Crippen LogP contribution in [0, 0.1) is 11.6 Å². The maximum atomic E-state index is 13.6. The van der Waals surface area contributed by atoms with Crippen molar-refractivity contribution in [3.05, 3.63) is 53.6 Å². The molecule has 5 rings (SSSR count). The zero-order valence-electron chi connectivity index (χ0n) is 20.4. The summed E-state index contributed by atoms with van der Waals surface area (Å²) >= 11 is 0. The molecule has 9 nitrogen and oxygen atoms in total. The number of rotatable bonds is 6. The van der Waals surface area contributed by atoms with Crippen molar-refractivity contribution in [3.8, 4) is 5.75 Å². The van der Waals surface area contributed by atoms with Gasteiger partial charge in [0.1, 0.15) is 0 Å². The predicted octanol–water partition coefficient (Wildman–Crippen LogP) is 4.83. The third-order valence-corrected chi connectivity index (χ3v) is 6.60. The van der Waals surface area contributed by atoms with Gasteiger partial charge in [-0.1, -0.05) is 0 Å². The second-order valence-electron chi connectivity index (χ2n) is 9.27. The Hall–Kier alpha value is -4.02. The van der Waals surface area contributed by atoms with Crippen molar-refractivity contribution < 1.29 is 18.7 Å². The lowest BCUT2D eigenvalue weighted by atomic mass is 10.1. The van der Waals surface area contributed by atoms with E-state index >= 15 is 0 Å². The summed E-state index contributed by atoms with van der Waals surface area (Å²) in [6.45, 7) is 3.69. The second-order valence-corrected chi connectivity index (χ2v) is 9.27. The van der Waals surface area contributed by atoms with E-state index in [0.29, 0.717) is 29.2 Å². The molecule has 0 bridgehead atoms. The SMILES string of the molecule is O=C(Nc1ccc(Nc2nc(N3CCCCC3)nc(N3CCCCC3)n2)cc1)c1ccc(F)c(F)c1O. The number of hydrogen-bond acceptors (Lipinski definition) is 8. The van der Waals surface area contributed by atoms with E-state index in [0.717, 1.165) is 64.0 Å². The Bertz CT molecular complexity index is 1220. The molecule has 2 aliphatic heterocycles. The molecule has 2 saturated heterocycles. The van der Waals surface area contributed by atoms with Crippen LogP contribution in [0.3, 0.4) is 0 Å². The first kappa shape index (κ1) is 24.7. The van der Waals surface area contributed by atoms with Gasteiger partial charge in [0.05, 0.1) is 5.56 Å². The summed E-state index contributed by atoms with van der Waals surface area (Å²) in [5, 5.41) is 15.6. The van der Waals surface area contributed by atoms with Gasteiger partial charge >= 0.3 is 0 Å². The number of nitrogens with one attached hydrogen (secondary N) is 2. The van der Waals surface area contributed by atoms with E-state index in [9.17, 15) is 18.7 Å². The highest BCUT2D eigenvalue weighted by atomic mass is 19.2. The molecule has 2 aromatic carbocycles. The largest absolute Gasteiger partial charge is 0.504 e. The van der Waals surface area contributed by atoms with E-state index in [1.807, 2.05) is 0 Å². The molecule has 2 fully saturated rings. The summed E-state index contributed by atoms with van der Waals surface area (Å²) < 4.78 is 26.9. The van der Waals surface area contributed by atoms with Crippen LogP contribution in [0.25, 0.3) is 0 Å². The van der Waals surface area contributed by atoms with Crippen molar-refractivity contribution in [2.75, 3.05) is 46.6 Å². The molecule has 0 unspecified atom stereocenters. The van der Waals surface area contributed by atoms with Crippen LogP contribution in [0.2, 0.25) is 0 Å². The molecule has 0 atom stereocenters. The van der Waals surface area contributed by atoms with E-state index < -0.39 is 23.3 Å². The van der Waals surface area contributed by atoms with Gasteiger partial charge < -0.3 is 25.5 Å². The molecular weight excluding hydrogens is 480 g/mol. The van der Waals surface area contributed by atoms with Crippen molar-refractivity contribution in [3.63, 3.8) is 0 Å². The molecule has 0 radical (unpaired) electrons. The fourth-order valence-corrected chi connectivity index (χ4v) is 4.57. The number of phenols is 1. The van der Waals surface area contributed by atoms with Crippen LogP contribution in [0.15, 0.2) is 36.4 Å². The summed E-state index contributed by atoms with van der Waals surface area (Å²) in [4.78, 5) is 31.0. The Balaban J connectivity index is 1.32. The summed E-state index contributed by atoms with van der Waals surface area (Å²) in [6.07, 6.45) is 6.88. The number of carbonyl (C=O) groups is 1. The maximum Gasteiger partial charge on any atom is 0.259 e. The third kappa shape index (κ3) is 5.71. The summed E-state index contributed by atoms with van der Waals surface area (Å²) in [7, 11) is 0. The average molecular weight is 510 g/mol. The van der Waals surface area contributed by atoms with Crippen LogP contribution in [-0.2, 0) is 0 Å². The lowest BCUT2D eigenvalue weighted by molar-refractivity contribution is 0.102. The maximum absolute atomic E-state index is 13.6. The Kier molecular flexibility index (Phi) is 7.29. The number of hydrogen-bond donors (Lipinski definition) is 3. The topological polar surface area (TPSA) is 107 Å². The summed E-state index contributed by atoms with van der Waals surface area (Å²) in [6, 6.07) is 8.60. The standard InChI is InChI=1S/C26H29F2N7O2/c27-20-12-11-19(22(36)21(20)28)23(37)29-17-7-9-18(10-8-17)30-24-31-25(34-13-3-1-4-14-34)33-26(32-24)35-15-5-2-6-16-35/h7-12,36H,1-6,13-16H2,(H,29,37)(H,30,31,32,33). The number of nitrogens with zero attached hydrogens (tertiary/aromatic N) is 5. The number of carbonyl (C=O) groups excluding carboxylic acids is 1. The van der Waals surface area contributed by atoms with Gasteiger partial charge in [-0.3, -0.25) is 4.79 Å². The minimum Gasteiger partial charge on any atom is -0.504 e. The van der Waals surface area contributed by atoms with Crippen molar-refractivity contribution in [1.82, 2.24) is 15.0 Å². The molecule has 0 aliphatic carbocycles. The third-order valence-electron chi connectivity index (χ3n) is 6.60. The molecule has 11 heteroatoms. The fraction of sp³-hybridized carbons (Fsp3) is 0.385. The highest BCUT2D eigenvalue weighted by Crippen LogP contribution is 2.26. The second kappa shape index (κ2) is 10.9. The Labute approximate surface area is 213 Å². The average Bonchev–Trinajstić information content (AvgIpc) is 2.93. The van der Waals surface area contributed by atoms with E-state index in [4.69, 9.17) is 4.98 Å². The number of piperidine rings is 2. The zero-order valence-corrected chi connectivity index (χ0v) is 20.4. The van der Waals surface area contributed by atoms with Gasteiger partial charge in [0.25, 0.3) is 5.91 Å². The van der Waals surface area contributed by atoms with Crippen LogP contribution in [-0.4, -0.2) is 52.1 Å². The summed E-state index contributed by atoms with van der Waals surface area (Å²) in [5.74, 6) is -2.68. The molecule has 3 heterocycles. The van der Waals surface area contributed by atoms with Crippen LogP contribution >= 0.6 is 0 Å². The minimum absolute atomic E-state index is 0.359. The monoisotopic (exact) mass is 509 g/mol. The number of benzene rings is 2. The van der Waals surface area contributed by atoms with Crippen molar-refractivity contribution >= 4 is 35.1 Å². The Morgan fingerprint density at radius 1 is 0.757 bits per heavy atom. The first-order valence-electron chi connectivity index (χ1n) is 12.6. The minimum atomic E-state index is -1.46. The molecule has 0 saturated carbocycles. The molecule has 37 heavy (non-hydrogen) atoms. The number of aromatic hydroxyl groups is 1. The van der Waals surface area contributed by atoms with Gasteiger partial charge in [-0.15, -0.1) is 0 Å². The molecule has 3 aromatic rings. The zero-order chi connectivity index (χ0) is 25.8. The van der Waals surface area contributed by atoms with Crippen LogP contribution in [0.1, 0.15) is 48.9 Å². The van der Waals surface area contributed by atoms with Gasteiger partial charge in [0.15, 0.2) is 11.6 Å². The van der Waals surface area contributed by atoms with E-state index in [1.165, 1.54) is 12.8 Å². The number of anilines is 5. The van der Waals surface area contributed by atoms with Gasteiger partial charge in [-0.25, -0.2) is 4.39 Å². The van der Waals surface area contributed by atoms with Crippen molar-refractivity contribution in [2.24, 2.45) is 0 Å². The molecule has 194 valence electrons. The van der Waals surface area contributed by atoms with Crippen LogP contribution in [0.4, 0.5) is 38.0 Å². The molecule has 1 amide bonds. The highest BCUT2D eigenvalue weighted by molar-refractivity contribution is 6.06. The molecule has 1 aromatic heterocycles. The van der Waals surface area contributed by atoms with E-state index in [2.05, 4.69) is 30.4 Å². The van der Waals surface area contributed by atoms with Gasteiger partial charge in [0, 0.05) is 37.6 Å². The molecule has 2 aliphatic rings. The molecule has 3 N–H and O–H groups in total. The summed E-state index contributed by atoms with van der Waals surface area (Å²) in [5.41, 5.74) is 0.758.